The second-order valence-corrected chi connectivity index (χ2v) is 5.44. The smallest absolute Gasteiger partial charge is 0.291 e. The van der Waals surface area contributed by atoms with E-state index < -0.39 is 11.6 Å². The van der Waals surface area contributed by atoms with Gasteiger partial charge in [0.1, 0.15) is 12.1 Å². The molecule has 3 rings (SSSR count). The topological polar surface area (TPSA) is 74.3 Å². The molecule has 24 heavy (non-hydrogen) atoms. The van der Waals surface area contributed by atoms with Crippen molar-refractivity contribution in [1.29, 1.82) is 0 Å². The average molecular weight is 337 g/mol. The van der Waals surface area contributed by atoms with Gasteiger partial charge < -0.3 is 9.64 Å². The van der Waals surface area contributed by atoms with E-state index in [-0.39, 0.29) is 23.8 Å². The SMILES string of the molecule is COc1ccc(F)c(F)c1CN1CCN(C(=O)c2ncn[nH]2)CC1. The van der Waals surface area contributed by atoms with Gasteiger partial charge >= 0.3 is 0 Å². The normalized spacial score (nSPS) is 15.5. The molecule has 1 aromatic carbocycles. The number of benzene rings is 1. The summed E-state index contributed by atoms with van der Waals surface area (Å²) in [5.74, 6) is -1.50. The number of rotatable bonds is 4. The van der Waals surface area contributed by atoms with Crippen molar-refractivity contribution in [2.24, 2.45) is 0 Å². The molecule has 1 N–H and O–H groups in total. The number of nitrogens with one attached hydrogen (secondary N) is 1. The first-order valence-corrected chi connectivity index (χ1v) is 7.48. The molecule has 0 unspecified atom stereocenters. The standard InChI is InChI=1S/C15H17F2N5O2/c1-24-12-3-2-11(16)13(17)10(12)8-21-4-6-22(7-5-21)15(23)14-18-9-19-20-14/h2-3,9H,4-8H2,1H3,(H,18,19,20). The predicted octanol–water partition coefficient (Wildman–Crippen LogP) is 1.05. The quantitative estimate of drug-likeness (QED) is 0.903. The van der Waals surface area contributed by atoms with E-state index >= 15 is 0 Å². The van der Waals surface area contributed by atoms with E-state index in [0.29, 0.717) is 31.9 Å². The molecule has 1 aliphatic heterocycles. The molecule has 1 amide bonds. The van der Waals surface area contributed by atoms with Crippen LogP contribution in [0.15, 0.2) is 18.5 Å². The Bertz CT molecular complexity index is 715. The van der Waals surface area contributed by atoms with Gasteiger partial charge in [-0.2, -0.15) is 5.10 Å². The average Bonchev–Trinajstić information content (AvgIpc) is 3.14. The lowest BCUT2D eigenvalue weighted by Crippen LogP contribution is -2.48. The lowest BCUT2D eigenvalue weighted by molar-refractivity contribution is 0.0614. The summed E-state index contributed by atoms with van der Waals surface area (Å²) in [4.78, 5) is 19.6. The summed E-state index contributed by atoms with van der Waals surface area (Å²) in [5, 5.41) is 6.20. The van der Waals surface area contributed by atoms with E-state index in [2.05, 4.69) is 15.2 Å². The van der Waals surface area contributed by atoms with Crippen LogP contribution in [-0.4, -0.2) is 64.2 Å². The van der Waals surface area contributed by atoms with E-state index in [4.69, 9.17) is 4.74 Å². The summed E-state index contributed by atoms with van der Waals surface area (Å²) < 4.78 is 32.6. The monoisotopic (exact) mass is 337 g/mol. The fourth-order valence-corrected chi connectivity index (χ4v) is 2.70. The van der Waals surface area contributed by atoms with E-state index in [1.54, 1.807) is 4.90 Å². The lowest BCUT2D eigenvalue weighted by Gasteiger charge is -2.34. The summed E-state index contributed by atoms with van der Waals surface area (Å²) in [6.45, 7) is 2.24. The first-order chi connectivity index (χ1) is 11.6. The predicted molar refractivity (Wildman–Crippen MR) is 80.5 cm³/mol. The van der Waals surface area contributed by atoms with Crippen molar-refractivity contribution >= 4 is 5.91 Å². The maximum absolute atomic E-state index is 14.0. The second-order valence-electron chi connectivity index (χ2n) is 5.44. The maximum Gasteiger partial charge on any atom is 0.291 e. The Morgan fingerprint density at radius 1 is 1.29 bits per heavy atom. The van der Waals surface area contributed by atoms with Crippen LogP contribution in [0.5, 0.6) is 5.75 Å². The van der Waals surface area contributed by atoms with E-state index in [0.717, 1.165) is 6.07 Å². The van der Waals surface area contributed by atoms with Crippen LogP contribution < -0.4 is 4.74 Å². The Balaban J connectivity index is 1.64. The van der Waals surface area contributed by atoms with E-state index in [1.807, 2.05) is 4.90 Å². The molecular weight excluding hydrogens is 320 g/mol. The molecule has 0 radical (unpaired) electrons. The number of halogens is 2. The zero-order valence-electron chi connectivity index (χ0n) is 13.1. The van der Waals surface area contributed by atoms with Crippen molar-refractivity contribution in [3.05, 3.63) is 41.5 Å². The fraction of sp³-hybridized carbons (Fsp3) is 0.400. The highest BCUT2D eigenvalue weighted by molar-refractivity contribution is 5.90. The van der Waals surface area contributed by atoms with Gasteiger partial charge in [0.2, 0.25) is 5.82 Å². The molecular formula is C15H17F2N5O2. The maximum atomic E-state index is 14.0. The Morgan fingerprint density at radius 3 is 2.67 bits per heavy atom. The third-order valence-electron chi connectivity index (χ3n) is 4.03. The van der Waals surface area contributed by atoms with Crippen LogP contribution in [0, 0.1) is 11.6 Å². The highest BCUT2D eigenvalue weighted by Gasteiger charge is 2.25. The van der Waals surface area contributed by atoms with Gasteiger partial charge in [-0.3, -0.25) is 14.8 Å². The van der Waals surface area contributed by atoms with Gasteiger partial charge in [0.15, 0.2) is 11.6 Å². The second kappa shape index (κ2) is 6.91. The summed E-state index contributed by atoms with van der Waals surface area (Å²) in [6.07, 6.45) is 1.28. The molecule has 0 saturated carbocycles. The molecule has 0 aliphatic carbocycles. The number of aromatic nitrogens is 3. The molecule has 2 aromatic rings. The fourth-order valence-electron chi connectivity index (χ4n) is 2.70. The minimum atomic E-state index is -0.898. The van der Waals surface area contributed by atoms with Crippen molar-refractivity contribution in [3.8, 4) is 5.75 Å². The molecule has 1 saturated heterocycles. The van der Waals surface area contributed by atoms with Gasteiger partial charge in [0, 0.05) is 38.3 Å². The number of piperazine rings is 1. The lowest BCUT2D eigenvalue weighted by atomic mass is 10.1. The molecule has 1 fully saturated rings. The van der Waals surface area contributed by atoms with Crippen LogP contribution in [0.3, 0.4) is 0 Å². The van der Waals surface area contributed by atoms with Gasteiger partial charge in [-0.25, -0.2) is 13.8 Å². The minimum Gasteiger partial charge on any atom is -0.496 e. The summed E-state index contributed by atoms with van der Waals surface area (Å²) in [5.41, 5.74) is 0.188. The van der Waals surface area contributed by atoms with Crippen molar-refractivity contribution in [2.75, 3.05) is 33.3 Å². The molecule has 7 nitrogen and oxygen atoms in total. The van der Waals surface area contributed by atoms with Crippen LogP contribution in [0.2, 0.25) is 0 Å². The van der Waals surface area contributed by atoms with Gasteiger partial charge in [-0.1, -0.05) is 0 Å². The molecule has 1 aromatic heterocycles. The van der Waals surface area contributed by atoms with Crippen molar-refractivity contribution in [3.63, 3.8) is 0 Å². The van der Waals surface area contributed by atoms with E-state index in [9.17, 15) is 13.6 Å². The van der Waals surface area contributed by atoms with Gasteiger partial charge in [-0.05, 0) is 12.1 Å². The van der Waals surface area contributed by atoms with Crippen LogP contribution >= 0.6 is 0 Å². The number of methoxy groups -OCH3 is 1. The Hall–Kier alpha value is -2.55. The van der Waals surface area contributed by atoms with Crippen LogP contribution in [0.1, 0.15) is 16.2 Å². The first-order valence-electron chi connectivity index (χ1n) is 7.48. The number of hydrogen-bond acceptors (Lipinski definition) is 5. The summed E-state index contributed by atoms with van der Waals surface area (Å²) in [7, 11) is 1.42. The number of carbonyl (C=O) groups is 1. The van der Waals surface area contributed by atoms with Crippen molar-refractivity contribution < 1.29 is 18.3 Å². The largest absolute Gasteiger partial charge is 0.496 e. The van der Waals surface area contributed by atoms with Crippen LogP contribution in [-0.2, 0) is 6.54 Å². The molecule has 0 atom stereocenters. The Morgan fingerprint density at radius 2 is 2.04 bits per heavy atom. The molecule has 0 spiro atoms. The number of hydrogen-bond donors (Lipinski definition) is 1. The number of ether oxygens (including phenoxy) is 1. The zero-order chi connectivity index (χ0) is 17.1. The third kappa shape index (κ3) is 3.21. The number of amides is 1. The molecule has 1 aliphatic rings. The van der Waals surface area contributed by atoms with Crippen molar-refractivity contribution in [2.45, 2.75) is 6.54 Å². The number of nitrogens with zero attached hydrogens (tertiary/aromatic N) is 4. The van der Waals surface area contributed by atoms with Gasteiger partial charge in [0.25, 0.3) is 5.91 Å². The van der Waals surface area contributed by atoms with Crippen LogP contribution in [0.25, 0.3) is 0 Å². The first kappa shape index (κ1) is 16.3. The number of aromatic amines is 1. The minimum absolute atomic E-state index is 0.188. The number of H-pyrrole nitrogens is 1. The van der Waals surface area contributed by atoms with E-state index in [1.165, 1.54) is 19.5 Å². The molecule has 0 bridgehead atoms. The van der Waals surface area contributed by atoms with Gasteiger partial charge in [-0.15, -0.1) is 0 Å². The molecule has 128 valence electrons. The van der Waals surface area contributed by atoms with Gasteiger partial charge in [0.05, 0.1) is 7.11 Å². The third-order valence-corrected chi connectivity index (χ3v) is 4.03. The van der Waals surface area contributed by atoms with Crippen LogP contribution in [0.4, 0.5) is 8.78 Å². The Labute approximate surface area is 137 Å². The molecule has 2 heterocycles. The summed E-state index contributed by atoms with van der Waals surface area (Å²) >= 11 is 0. The Kier molecular flexibility index (Phi) is 4.70. The van der Waals surface area contributed by atoms with Crippen molar-refractivity contribution in [1.82, 2.24) is 25.0 Å². The highest BCUT2D eigenvalue weighted by Crippen LogP contribution is 2.25. The number of carbonyl (C=O) groups excluding carboxylic acids is 1. The molecule has 9 heteroatoms. The highest BCUT2D eigenvalue weighted by atomic mass is 19.2. The summed E-state index contributed by atoms with van der Waals surface area (Å²) in [6, 6.07) is 2.46. The zero-order valence-corrected chi connectivity index (χ0v) is 13.1.